The Labute approximate surface area is 79.0 Å². The highest BCUT2D eigenvalue weighted by Gasteiger charge is 2.29. The van der Waals surface area contributed by atoms with Gasteiger partial charge in [0.2, 0.25) is 0 Å². The maximum Gasteiger partial charge on any atom is 0.252 e. The average molecular weight is 186 g/mol. The SMILES string of the molecule is CC(C)N1CCOC(CCN)C1=O. The highest BCUT2D eigenvalue weighted by molar-refractivity contribution is 5.81. The van der Waals surface area contributed by atoms with Crippen LogP contribution in [0.2, 0.25) is 0 Å². The third-order valence-corrected chi connectivity index (χ3v) is 2.26. The van der Waals surface area contributed by atoms with Gasteiger partial charge in [-0.25, -0.2) is 0 Å². The van der Waals surface area contributed by atoms with Crippen molar-refractivity contribution in [3.8, 4) is 0 Å². The van der Waals surface area contributed by atoms with E-state index in [0.29, 0.717) is 26.1 Å². The van der Waals surface area contributed by atoms with Gasteiger partial charge in [0.25, 0.3) is 5.91 Å². The van der Waals surface area contributed by atoms with Crippen LogP contribution in [0.15, 0.2) is 0 Å². The predicted molar refractivity (Wildman–Crippen MR) is 50.3 cm³/mol. The predicted octanol–water partition coefficient (Wildman–Crippen LogP) is -0.0290. The van der Waals surface area contributed by atoms with E-state index in [1.807, 2.05) is 18.7 Å². The smallest absolute Gasteiger partial charge is 0.252 e. The van der Waals surface area contributed by atoms with E-state index in [4.69, 9.17) is 10.5 Å². The van der Waals surface area contributed by atoms with E-state index in [9.17, 15) is 4.79 Å². The zero-order valence-electron chi connectivity index (χ0n) is 8.32. The molecule has 1 unspecified atom stereocenters. The molecule has 4 heteroatoms. The first kappa shape index (κ1) is 10.5. The number of ether oxygens (including phenoxy) is 1. The van der Waals surface area contributed by atoms with Crippen LogP contribution in [-0.2, 0) is 9.53 Å². The number of nitrogens with two attached hydrogens (primary N) is 1. The number of nitrogens with zero attached hydrogens (tertiary/aromatic N) is 1. The van der Waals surface area contributed by atoms with Crippen LogP contribution in [0.3, 0.4) is 0 Å². The molecule has 1 heterocycles. The highest BCUT2D eigenvalue weighted by Crippen LogP contribution is 2.12. The summed E-state index contributed by atoms with van der Waals surface area (Å²) in [6.07, 6.45) is 0.323. The molecule has 1 atom stereocenters. The third-order valence-electron chi connectivity index (χ3n) is 2.26. The fourth-order valence-corrected chi connectivity index (χ4v) is 1.53. The van der Waals surface area contributed by atoms with Gasteiger partial charge in [-0.15, -0.1) is 0 Å². The topological polar surface area (TPSA) is 55.6 Å². The van der Waals surface area contributed by atoms with Crippen molar-refractivity contribution in [1.82, 2.24) is 4.90 Å². The zero-order valence-corrected chi connectivity index (χ0v) is 8.32. The van der Waals surface area contributed by atoms with Gasteiger partial charge in [0, 0.05) is 12.6 Å². The minimum atomic E-state index is -0.304. The minimum Gasteiger partial charge on any atom is -0.366 e. The summed E-state index contributed by atoms with van der Waals surface area (Å²) in [5.41, 5.74) is 5.39. The number of hydrogen-bond acceptors (Lipinski definition) is 3. The van der Waals surface area contributed by atoms with Gasteiger partial charge in [-0.1, -0.05) is 0 Å². The van der Waals surface area contributed by atoms with Crippen LogP contribution in [0.5, 0.6) is 0 Å². The Hall–Kier alpha value is -0.610. The first-order chi connectivity index (χ1) is 6.16. The van der Waals surface area contributed by atoms with Gasteiger partial charge >= 0.3 is 0 Å². The molecule has 1 fully saturated rings. The van der Waals surface area contributed by atoms with Gasteiger partial charge in [-0.05, 0) is 26.8 Å². The van der Waals surface area contributed by atoms with Crippen LogP contribution in [-0.4, -0.2) is 42.6 Å². The normalized spacial score (nSPS) is 24.2. The molecule has 0 spiro atoms. The summed E-state index contributed by atoms with van der Waals surface area (Å²) >= 11 is 0. The molecule has 0 aliphatic carbocycles. The molecule has 4 nitrogen and oxygen atoms in total. The molecule has 2 N–H and O–H groups in total. The number of carbonyl (C=O) groups is 1. The van der Waals surface area contributed by atoms with Crippen molar-refractivity contribution < 1.29 is 9.53 Å². The van der Waals surface area contributed by atoms with Crippen LogP contribution in [0.4, 0.5) is 0 Å². The van der Waals surface area contributed by atoms with Crippen LogP contribution >= 0.6 is 0 Å². The maximum absolute atomic E-state index is 11.7. The number of rotatable bonds is 3. The fourth-order valence-electron chi connectivity index (χ4n) is 1.53. The summed E-state index contributed by atoms with van der Waals surface area (Å²) in [6.45, 7) is 5.87. The van der Waals surface area contributed by atoms with E-state index in [1.165, 1.54) is 0 Å². The molecule has 1 saturated heterocycles. The van der Waals surface area contributed by atoms with E-state index in [2.05, 4.69) is 0 Å². The zero-order chi connectivity index (χ0) is 9.84. The first-order valence-electron chi connectivity index (χ1n) is 4.79. The van der Waals surface area contributed by atoms with Crippen LogP contribution in [0.1, 0.15) is 20.3 Å². The molecular formula is C9H18N2O2. The summed E-state index contributed by atoms with van der Waals surface area (Å²) in [4.78, 5) is 13.6. The number of morpholine rings is 1. The lowest BCUT2D eigenvalue weighted by Crippen LogP contribution is -2.51. The fraction of sp³-hybridized carbons (Fsp3) is 0.889. The second-order valence-electron chi connectivity index (χ2n) is 3.56. The second kappa shape index (κ2) is 4.58. The molecule has 1 aliphatic heterocycles. The third kappa shape index (κ3) is 2.42. The van der Waals surface area contributed by atoms with E-state index in [1.54, 1.807) is 0 Å². The van der Waals surface area contributed by atoms with E-state index in [0.717, 1.165) is 0 Å². The summed E-state index contributed by atoms with van der Waals surface area (Å²) in [5.74, 6) is 0.0895. The molecule has 0 radical (unpaired) electrons. The molecule has 76 valence electrons. The van der Waals surface area contributed by atoms with E-state index in [-0.39, 0.29) is 18.1 Å². The molecule has 1 rings (SSSR count). The number of carbonyl (C=O) groups excluding carboxylic acids is 1. The lowest BCUT2D eigenvalue weighted by molar-refractivity contribution is -0.155. The van der Waals surface area contributed by atoms with Crippen molar-refractivity contribution in [2.45, 2.75) is 32.4 Å². The van der Waals surface area contributed by atoms with Gasteiger partial charge < -0.3 is 15.4 Å². The molecule has 13 heavy (non-hydrogen) atoms. The first-order valence-corrected chi connectivity index (χ1v) is 4.79. The molecule has 0 bridgehead atoms. The summed E-state index contributed by atoms with van der Waals surface area (Å²) in [7, 11) is 0. The van der Waals surface area contributed by atoms with Crippen molar-refractivity contribution in [1.29, 1.82) is 0 Å². The monoisotopic (exact) mass is 186 g/mol. The van der Waals surface area contributed by atoms with Crippen molar-refractivity contribution in [2.75, 3.05) is 19.7 Å². The molecule has 0 saturated carbocycles. The number of amides is 1. The van der Waals surface area contributed by atoms with Crippen molar-refractivity contribution in [2.24, 2.45) is 5.73 Å². The Morgan fingerprint density at radius 2 is 2.38 bits per heavy atom. The minimum absolute atomic E-state index is 0.0895. The standard InChI is InChI=1S/C9H18N2O2/c1-7(2)11-5-6-13-8(3-4-10)9(11)12/h7-8H,3-6,10H2,1-2H3. The Morgan fingerprint density at radius 3 is 2.92 bits per heavy atom. The molecule has 1 amide bonds. The molecule has 0 aromatic carbocycles. The second-order valence-corrected chi connectivity index (χ2v) is 3.56. The van der Waals surface area contributed by atoms with Crippen LogP contribution in [0, 0.1) is 0 Å². The van der Waals surface area contributed by atoms with Crippen molar-refractivity contribution in [3.63, 3.8) is 0 Å². The van der Waals surface area contributed by atoms with Crippen LogP contribution < -0.4 is 5.73 Å². The molecule has 0 aromatic heterocycles. The van der Waals surface area contributed by atoms with Gasteiger partial charge in [0.1, 0.15) is 6.10 Å². The quantitative estimate of drug-likeness (QED) is 0.673. The maximum atomic E-state index is 11.7. The average Bonchev–Trinajstić information content (AvgIpc) is 2.08. The Bertz CT molecular complexity index is 180. The summed E-state index contributed by atoms with van der Waals surface area (Å²) in [6, 6.07) is 0.261. The molecular weight excluding hydrogens is 168 g/mol. The molecule has 1 aliphatic rings. The highest BCUT2D eigenvalue weighted by atomic mass is 16.5. The number of hydrogen-bond donors (Lipinski definition) is 1. The van der Waals surface area contributed by atoms with Gasteiger partial charge in [-0.2, -0.15) is 0 Å². The lowest BCUT2D eigenvalue weighted by Gasteiger charge is -2.35. The van der Waals surface area contributed by atoms with Crippen molar-refractivity contribution in [3.05, 3.63) is 0 Å². The van der Waals surface area contributed by atoms with Gasteiger partial charge in [0.05, 0.1) is 6.61 Å². The summed E-state index contributed by atoms with van der Waals surface area (Å²) in [5, 5.41) is 0. The van der Waals surface area contributed by atoms with Crippen LogP contribution in [0.25, 0.3) is 0 Å². The lowest BCUT2D eigenvalue weighted by atomic mass is 10.1. The Morgan fingerprint density at radius 1 is 1.69 bits per heavy atom. The van der Waals surface area contributed by atoms with Gasteiger partial charge in [0.15, 0.2) is 0 Å². The van der Waals surface area contributed by atoms with E-state index >= 15 is 0 Å². The largest absolute Gasteiger partial charge is 0.366 e. The van der Waals surface area contributed by atoms with Crippen molar-refractivity contribution >= 4 is 5.91 Å². The Kier molecular flexibility index (Phi) is 3.69. The van der Waals surface area contributed by atoms with E-state index < -0.39 is 0 Å². The van der Waals surface area contributed by atoms with Gasteiger partial charge in [-0.3, -0.25) is 4.79 Å². The molecule has 0 aromatic rings. The Balaban J connectivity index is 2.55. The summed E-state index contributed by atoms with van der Waals surface area (Å²) < 4.78 is 5.34.